The first-order chi connectivity index (χ1) is 17.9. The molecule has 1 aliphatic heterocycles. The minimum Gasteiger partial charge on any atom is -0.379 e. The molecule has 1 heterocycles. The molecule has 1 aliphatic carbocycles. The summed E-state index contributed by atoms with van der Waals surface area (Å²) in [5.74, 6) is 0.611. The first kappa shape index (κ1) is 27.9. The molecular weight excluding hydrogens is 510 g/mol. The molecule has 37 heavy (non-hydrogen) atoms. The lowest BCUT2D eigenvalue weighted by atomic mass is 9.87. The predicted molar refractivity (Wildman–Crippen MR) is 147 cm³/mol. The van der Waals surface area contributed by atoms with E-state index in [0.717, 1.165) is 83.4 Å². The molecule has 9 heteroatoms. The van der Waals surface area contributed by atoms with Crippen molar-refractivity contribution in [1.82, 2.24) is 15.1 Å². The smallest absolute Gasteiger partial charge is 0.339 e. The summed E-state index contributed by atoms with van der Waals surface area (Å²) in [7, 11) is -3.91. The highest BCUT2D eigenvalue weighted by Gasteiger charge is 2.25. The van der Waals surface area contributed by atoms with Gasteiger partial charge >= 0.3 is 10.1 Å². The summed E-state index contributed by atoms with van der Waals surface area (Å²) in [5.41, 5.74) is 2.42. The third-order valence-corrected chi connectivity index (χ3v) is 8.78. The van der Waals surface area contributed by atoms with Gasteiger partial charge in [-0.25, -0.2) is 0 Å². The summed E-state index contributed by atoms with van der Waals surface area (Å²) in [4.78, 5) is 16.9. The third-order valence-electron chi connectivity index (χ3n) is 7.27. The third kappa shape index (κ3) is 7.69. The number of amides is 1. The number of benzene rings is 2. The number of hydrogen-bond acceptors (Lipinski definition) is 6. The minimum absolute atomic E-state index is 0.0850. The zero-order chi connectivity index (χ0) is 26.3. The summed E-state index contributed by atoms with van der Waals surface area (Å²) in [5, 5.41) is 3.77. The van der Waals surface area contributed by atoms with Crippen molar-refractivity contribution in [3.8, 4) is 5.75 Å². The van der Waals surface area contributed by atoms with Crippen molar-refractivity contribution in [1.29, 1.82) is 0 Å². The van der Waals surface area contributed by atoms with Gasteiger partial charge in [-0.2, -0.15) is 8.42 Å². The highest BCUT2D eigenvalue weighted by atomic mass is 35.5. The number of unbranched alkanes of at least 4 members (excludes halogenated alkanes) is 1. The van der Waals surface area contributed by atoms with E-state index in [-0.39, 0.29) is 10.8 Å². The van der Waals surface area contributed by atoms with Crippen molar-refractivity contribution in [2.24, 2.45) is 0 Å². The maximum Gasteiger partial charge on any atom is 0.339 e. The summed E-state index contributed by atoms with van der Waals surface area (Å²) >= 11 is 5.88. The van der Waals surface area contributed by atoms with E-state index in [0.29, 0.717) is 23.2 Å². The molecule has 1 amide bonds. The molecule has 7 nitrogen and oxygen atoms in total. The Morgan fingerprint density at radius 3 is 2.65 bits per heavy atom. The zero-order valence-corrected chi connectivity index (χ0v) is 23.2. The molecule has 1 atom stereocenters. The lowest BCUT2D eigenvalue weighted by Crippen LogP contribution is -2.41. The van der Waals surface area contributed by atoms with Crippen LogP contribution in [0.25, 0.3) is 0 Å². The van der Waals surface area contributed by atoms with Crippen LogP contribution in [0.5, 0.6) is 5.75 Å². The van der Waals surface area contributed by atoms with Gasteiger partial charge in [0.25, 0.3) is 0 Å². The van der Waals surface area contributed by atoms with E-state index >= 15 is 0 Å². The van der Waals surface area contributed by atoms with E-state index in [4.69, 9.17) is 15.8 Å². The molecule has 0 spiro atoms. The molecule has 2 aromatic rings. The second-order valence-corrected chi connectivity index (χ2v) is 11.9. The molecule has 0 radical (unpaired) electrons. The van der Waals surface area contributed by atoms with Crippen LogP contribution in [0.4, 0.5) is 0 Å². The molecule has 4 rings (SSSR count). The van der Waals surface area contributed by atoms with Crippen LogP contribution in [-0.2, 0) is 27.8 Å². The van der Waals surface area contributed by atoms with Gasteiger partial charge < -0.3 is 19.3 Å². The van der Waals surface area contributed by atoms with Crippen molar-refractivity contribution >= 4 is 27.6 Å². The second kappa shape index (κ2) is 13.1. The maximum absolute atomic E-state index is 12.7. The molecule has 0 aromatic heterocycles. The largest absolute Gasteiger partial charge is 0.379 e. The number of nitrogens with zero attached hydrogens (tertiary/aromatic N) is 2. The monoisotopic (exact) mass is 547 g/mol. The Hall–Kier alpha value is -2.13. The van der Waals surface area contributed by atoms with Gasteiger partial charge in [0.05, 0.1) is 0 Å². The van der Waals surface area contributed by atoms with Crippen LogP contribution >= 0.6 is 11.6 Å². The van der Waals surface area contributed by atoms with Gasteiger partial charge in [0, 0.05) is 43.7 Å². The van der Waals surface area contributed by atoms with Crippen molar-refractivity contribution in [2.45, 2.75) is 62.8 Å². The van der Waals surface area contributed by atoms with Gasteiger partial charge in [-0.05, 0) is 99.1 Å². The second-order valence-electron chi connectivity index (χ2n) is 9.94. The summed E-state index contributed by atoms with van der Waals surface area (Å²) in [6, 6.07) is 12.1. The summed E-state index contributed by atoms with van der Waals surface area (Å²) in [6.45, 7) is 7.64. The molecule has 1 N–H and O–H groups in total. The number of rotatable bonds is 11. The Labute approximate surface area is 226 Å². The van der Waals surface area contributed by atoms with Crippen LogP contribution in [0.1, 0.15) is 50.2 Å². The van der Waals surface area contributed by atoms with Crippen LogP contribution < -0.4 is 9.50 Å². The number of fused-ring (bicyclic) bond motifs is 1. The summed E-state index contributed by atoms with van der Waals surface area (Å²) in [6.07, 6.45) is 6.70. The first-order valence-electron chi connectivity index (χ1n) is 13.4. The van der Waals surface area contributed by atoms with Gasteiger partial charge in [-0.15, -0.1) is 0 Å². The Morgan fingerprint density at radius 1 is 1.05 bits per heavy atom. The van der Waals surface area contributed by atoms with Gasteiger partial charge in [0.2, 0.25) is 5.91 Å². The number of nitrogens with one attached hydrogen (secondary N) is 1. The van der Waals surface area contributed by atoms with Gasteiger partial charge in [-0.3, -0.25) is 4.79 Å². The number of halogens is 1. The number of carbonyl (C=O) groups is 1. The predicted octanol–water partition coefficient (Wildman–Crippen LogP) is 4.28. The van der Waals surface area contributed by atoms with Gasteiger partial charge in [0.15, 0.2) is 0 Å². The number of hydrogen-bond donors (Lipinski definition) is 1. The molecular formula is C28H38ClN3O4S. The van der Waals surface area contributed by atoms with Crippen LogP contribution in [0.15, 0.2) is 47.4 Å². The molecule has 202 valence electrons. The Balaban J connectivity index is 1.32. The molecule has 2 aromatic carbocycles. The van der Waals surface area contributed by atoms with E-state index < -0.39 is 10.1 Å². The van der Waals surface area contributed by atoms with Gasteiger partial charge in [-0.1, -0.05) is 24.6 Å². The van der Waals surface area contributed by atoms with Crippen LogP contribution in [0.3, 0.4) is 0 Å². The zero-order valence-electron chi connectivity index (χ0n) is 21.6. The molecule has 1 fully saturated rings. The van der Waals surface area contributed by atoms with Crippen LogP contribution in [0, 0.1) is 0 Å². The Morgan fingerprint density at radius 2 is 1.86 bits per heavy atom. The quantitative estimate of drug-likeness (QED) is 0.334. The van der Waals surface area contributed by atoms with Crippen LogP contribution in [0.2, 0.25) is 5.02 Å². The summed E-state index contributed by atoms with van der Waals surface area (Å²) < 4.78 is 30.7. The number of carbonyl (C=O) groups excluding carboxylic acids is 1. The molecule has 1 saturated heterocycles. The number of aryl methyl sites for hydroxylation is 1. The lowest BCUT2D eigenvalue weighted by Gasteiger charge is -2.35. The van der Waals surface area contributed by atoms with Crippen LogP contribution in [-0.4, -0.2) is 69.4 Å². The highest BCUT2D eigenvalue weighted by Crippen LogP contribution is 2.30. The first-order valence-corrected chi connectivity index (χ1v) is 15.2. The molecule has 0 saturated carbocycles. The Bertz CT molecular complexity index is 1160. The van der Waals surface area contributed by atoms with Crippen molar-refractivity contribution in [3.05, 3.63) is 58.6 Å². The maximum atomic E-state index is 12.7. The normalized spacial score (nSPS) is 18.5. The standard InChI is InChI=1S/C28H38ClN3O4S/c1-2-16-31(17-3-4-18-32-19-15-30-14-13-28(32)33)25-9-5-23-21-26(10-6-22(23)20-25)36-37(34,35)27-11-7-24(29)8-12-27/h6-8,10-12,21,25,30H,2-5,9,13-20H2,1H3. The average molecular weight is 548 g/mol. The lowest BCUT2D eigenvalue weighted by molar-refractivity contribution is -0.130. The van der Waals surface area contributed by atoms with E-state index in [1.54, 1.807) is 18.2 Å². The minimum atomic E-state index is -3.91. The van der Waals surface area contributed by atoms with E-state index in [1.807, 2.05) is 17.0 Å². The fourth-order valence-corrected chi connectivity index (χ4v) is 6.34. The molecule has 0 bridgehead atoms. The van der Waals surface area contributed by atoms with Gasteiger partial charge in [0.1, 0.15) is 10.6 Å². The van der Waals surface area contributed by atoms with Crippen molar-refractivity contribution in [3.63, 3.8) is 0 Å². The van der Waals surface area contributed by atoms with Crippen molar-refractivity contribution in [2.75, 3.05) is 39.3 Å². The molecule has 2 aliphatic rings. The highest BCUT2D eigenvalue weighted by molar-refractivity contribution is 7.87. The fraction of sp³-hybridized carbons (Fsp3) is 0.536. The average Bonchev–Trinajstić information content (AvgIpc) is 3.09. The Kier molecular flexibility index (Phi) is 9.87. The van der Waals surface area contributed by atoms with E-state index in [1.165, 1.54) is 17.7 Å². The van der Waals surface area contributed by atoms with Crippen molar-refractivity contribution < 1.29 is 17.4 Å². The SMILES string of the molecule is CCCN(CCCCN1CCNCCC1=O)C1CCc2cc(OS(=O)(=O)c3ccc(Cl)cc3)ccc2C1. The fourth-order valence-electron chi connectivity index (χ4n) is 5.29. The van der Waals surface area contributed by atoms with E-state index in [2.05, 4.69) is 17.1 Å². The topological polar surface area (TPSA) is 79.0 Å². The van der Waals surface area contributed by atoms with E-state index in [9.17, 15) is 13.2 Å². The molecule has 1 unspecified atom stereocenters.